The molecule has 0 amide bonds. The van der Waals surface area contributed by atoms with Gasteiger partial charge >= 0.3 is 0 Å². The lowest BCUT2D eigenvalue weighted by atomic mass is 10.1. The van der Waals surface area contributed by atoms with Crippen LogP contribution in [-0.4, -0.2) is 23.8 Å². The summed E-state index contributed by atoms with van der Waals surface area (Å²) in [6.07, 6.45) is 5.14. The summed E-state index contributed by atoms with van der Waals surface area (Å²) in [7, 11) is 3.38. The second kappa shape index (κ2) is 6.37. The van der Waals surface area contributed by atoms with E-state index in [0.29, 0.717) is 0 Å². The Kier molecular flexibility index (Phi) is 4.03. The van der Waals surface area contributed by atoms with E-state index in [4.69, 9.17) is 9.47 Å². The molecule has 0 atom stereocenters. The highest BCUT2D eigenvalue weighted by atomic mass is 16.5. The third-order valence-corrected chi connectivity index (χ3v) is 4.97. The molecule has 0 bridgehead atoms. The van der Waals surface area contributed by atoms with E-state index < -0.39 is 0 Å². The second-order valence-electron chi connectivity index (χ2n) is 6.41. The monoisotopic (exact) mass is 346 g/mol. The van der Waals surface area contributed by atoms with Crippen molar-refractivity contribution in [3.05, 3.63) is 59.9 Å². The van der Waals surface area contributed by atoms with Crippen molar-refractivity contribution < 1.29 is 9.47 Å². The Morgan fingerprint density at radius 1 is 1.04 bits per heavy atom. The highest BCUT2D eigenvalue weighted by Crippen LogP contribution is 2.35. The van der Waals surface area contributed by atoms with Crippen molar-refractivity contribution in [1.29, 1.82) is 0 Å². The van der Waals surface area contributed by atoms with E-state index in [1.165, 1.54) is 16.5 Å². The van der Waals surface area contributed by atoms with E-state index >= 15 is 0 Å². The third kappa shape index (κ3) is 2.41. The van der Waals surface area contributed by atoms with Gasteiger partial charge in [0, 0.05) is 28.9 Å². The van der Waals surface area contributed by atoms with Gasteiger partial charge < -0.3 is 14.0 Å². The normalized spacial score (nSPS) is 11.2. The first-order valence-electron chi connectivity index (χ1n) is 8.78. The highest BCUT2D eigenvalue weighted by molar-refractivity contribution is 6.07. The van der Waals surface area contributed by atoms with Crippen molar-refractivity contribution >= 4 is 21.8 Å². The van der Waals surface area contributed by atoms with Crippen molar-refractivity contribution in [2.45, 2.75) is 20.3 Å². The van der Waals surface area contributed by atoms with Gasteiger partial charge in [-0.1, -0.05) is 19.1 Å². The van der Waals surface area contributed by atoms with Gasteiger partial charge in [0.25, 0.3) is 0 Å². The Hall–Kier alpha value is -3.01. The molecule has 0 saturated heterocycles. The van der Waals surface area contributed by atoms with Crippen molar-refractivity contribution in [3.8, 4) is 17.2 Å². The maximum atomic E-state index is 5.52. The molecule has 132 valence electrons. The molecule has 0 spiro atoms. The topological polar surface area (TPSA) is 36.3 Å². The lowest BCUT2D eigenvalue weighted by Crippen LogP contribution is -1.97. The Morgan fingerprint density at radius 2 is 1.88 bits per heavy atom. The van der Waals surface area contributed by atoms with Crippen LogP contribution in [0.5, 0.6) is 11.5 Å². The predicted molar refractivity (Wildman–Crippen MR) is 106 cm³/mol. The first kappa shape index (κ1) is 16.5. The predicted octanol–water partition coefficient (Wildman–Crippen LogP) is 5.07. The zero-order valence-corrected chi connectivity index (χ0v) is 15.5. The Labute approximate surface area is 153 Å². The van der Waals surface area contributed by atoms with E-state index in [0.717, 1.165) is 40.1 Å². The van der Waals surface area contributed by atoms with Crippen LogP contribution in [0.15, 0.2) is 48.8 Å². The van der Waals surface area contributed by atoms with Crippen molar-refractivity contribution in [2.75, 3.05) is 14.2 Å². The fraction of sp³-hybridized carbons (Fsp3) is 0.227. The molecule has 2 aromatic carbocycles. The molecule has 2 aromatic heterocycles. The number of rotatable bonds is 4. The molecule has 4 nitrogen and oxygen atoms in total. The Morgan fingerprint density at radius 3 is 2.58 bits per heavy atom. The smallest absolute Gasteiger partial charge is 0.145 e. The number of fused-ring (bicyclic) bond motifs is 3. The average Bonchev–Trinajstić information content (AvgIpc) is 3.06. The Bertz CT molecular complexity index is 1110. The van der Waals surface area contributed by atoms with Gasteiger partial charge in [0.2, 0.25) is 0 Å². The van der Waals surface area contributed by atoms with E-state index in [1.807, 2.05) is 24.4 Å². The third-order valence-electron chi connectivity index (χ3n) is 4.97. The summed E-state index contributed by atoms with van der Waals surface area (Å²) in [6.45, 7) is 4.29. The first-order valence-corrected chi connectivity index (χ1v) is 8.78. The molecule has 4 rings (SSSR count). The van der Waals surface area contributed by atoms with Crippen molar-refractivity contribution in [1.82, 2.24) is 9.55 Å². The number of hydrogen-bond donors (Lipinski definition) is 0. The lowest BCUT2D eigenvalue weighted by Gasteiger charge is -2.13. The quantitative estimate of drug-likeness (QED) is 0.518. The standard InChI is InChI=1S/C22H22N2O2/c1-5-15-13-24(19-10-9-16(25-3)11-14(19)2)22-17-7-6-8-20(26-4)21(17)23-12-18(15)22/h6-13H,5H2,1-4H3. The van der Waals surface area contributed by atoms with Crippen LogP contribution in [0, 0.1) is 6.92 Å². The van der Waals surface area contributed by atoms with Gasteiger partial charge in [0.1, 0.15) is 17.0 Å². The molecule has 4 aromatic rings. The summed E-state index contributed by atoms with van der Waals surface area (Å²) in [5.74, 6) is 1.66. The average molecular weight is 346 g/mol. The van der Waals surface area contributed by atoms with Crippen molar-refractivity contribution in [3.63, 3.8) is 0 Å². The molecule has 0 aliphatic carbocycles. The van der Waals surface area contributed by atoms with E-state index in [9.17, 15) is 0 Å². The van der Waals surface area contributed by atoms with Gasteiger partial charge in [-0.05, 0) is 48.7 Å². The summed E-state index contributed by atoms with van der Waals surface area (Å²) >= 11 is 0. The van der Waals surface area contributed by atoms with Gasteiger partial charge in [-0.15, -0.1) is 0 Å². The van der Waals surface area contributed by atoms with Crippen LogP contribution < -0.4 is 9.47 Å². The SMILES string of the molecule is CCc1cn(-c2ccc(OC)cc2C)c2c1cnc1c(OC)cccc12. The second-order valence-corrected chi connectivity index (χ2v) is 6.41. The number of aromatic nitrogens is 2. The largest absolute Gasteiger partial charge is 0.497 e. The lowest BCUT2D eigenvalue weighted by molar-refractivity contribution is 0.414. The molecule has 0 N–H and O–H groups in total. The minimum atomic E-state index is 0.793. The number of ether oxygens (including phenoxy) is 2. The van der Waals surface area contributed by atoms with Gasteiger partial charge in [0.15, 0.2) is 0 Å². The number of aryl methyl sites for hydroxylation is 2. The van der Waals surface area contributed by atoms with E-state index in [-0.39, 0.29) is 0 Å². The van der Waals surface area contributed by atoms with Crippen LogP contribution in [0.2, 0.25) is 0 Å². The summed E-state index contributed by atoms with van der Waals surface area (Å²) in [6, 6.07) is 12.3. The van der Waals surface area contributed by atoms with Crippen molar-refractivity contribution in [2.24, 2.45) is 0 Å². The minimum absolute atomic E-state index is 0.793. The van der Waals surface area contributed by atoms with Crippen LogP contribution in [-0.2, 0) is 6.42 Å². The van der Waals surface area contributed by atoms with Gasteiger partial charge in [-0.25, -0.2) is 0 Å². The Balaban J connectivity index is 2.10. The van der Waals surface area contributed by atoms with Crippen LogP contribution in [0.1, 0.15) is 18.1 Å². The van der Waals surface area contributed by atoms with Gasteiger partial charge in [-0.2, -0.15) is 0 Å². The van der Waals surface area contributed by atoms with Gasteiger partial charge in [-0.3, -0.25) is 4.98 Å². The molecule has 26 heavy (non-hydrogen) atoms. The maximum Gasteiger partial charge on any atom is 0.145 e. The zero-order valence-electron chi connectivity index (χ0n) is 15.5. The fourth-order valence-electron chi connectivity index (χ4n) is 3.63. The number of para-hydroxylation sites is 1. The van der Waals surface area contributed by atoms with Crippen LogP contribution >= 0.6 is 0 Å². The minimum Gasteiger partial charge on any atom is -0.497 e. The molecule has 0 aliphatic rings. The van der Waals surface area contributed by atoms with Crippen LogP contribution in [0.4, 0.5) is 0 Å². The number of benzene rings is 2. The molecule has 0 radical (unpaired) electrons. The number of hydrogen-bond acceptors (Lipinski definition) is 3. The van der Waals surface area contributed by atoms with Crippen LogP contribution in [0.3, 0.4) is 0 Å². The maximum absolute atomic E-state index is 5.52. The number of methoxy groups -OCH3 is 2. The first-order chi connectivity index (χ1) is 12.7. The summed E-state index contributed by atoms with van der Waals surface area (Å²) in [5, 5.41) is 2.28. The molecule has 2 heterocycles. The molecule has 0 aliphatic heterocycles. The molecule has 4 heteroatoms. The molecular formula is C22H22N2O2. The number of pyridine rings is 1. The zero-order chi connectivity index (χ0) is 18.3. The molecule has 0 saturated carbocycles. The highest BCUT2D eigenvalue weighted by Gasteiger charge is 2.16. The van der Waals surface area contributed by atoms with Gasteiger partial charge in [0.05, 0.1) is 19.7 Å². The fourth-order valence-corrected chi connectivity index (χ4v) is 3.63. The van der Waals surface area contributed by atoms with E-state index in [1.54, 1.807) is 14.2 Å². The summed E-state index contributed by atoms with van der Waals surface area (Å²) in [5.41, 5.74) is 5.64. The summed E-state index contributed by atoms with van der Waals surface area (Å²) < 4.78 is 13.2. The molecule has 0 fully saturated rings. The van der Waals surface area contributed by atoms with Crippen LogP contribution in [0.25, 0.3) is 27.5 Å². The summed E-state index contributed by atoms with van der Waals surface area (Å²) in [4.78, 5) is 4.69. The molecule has 0 unspecified atom stereocenters. The number of nitrogens with zero attached hydrogens (tertiary/aromatic N) is 2. The van der Waals surface area contributed by atoms with E-state index in [2.05, 4.69) is 47.8 Å². The molecular weight excluding hydrogens is 324 g/mol.